The minimum Gasteiger partial charge on any atom is -0.454 e. The molecule has 218 valence electrons. The molecule has 0 spiro atoms. The zero-order chi connectivity index (χ0) is 29.6. The molecule has 1 saturated carbocycles. The second kappa shape index (κ2) is 9.07. The highest BCUT2D eigenvalue weighted by molar-refractivity contribution is 8.14. The molecule has 3 amide bonds. The monoisotopic (exact) mass is 589 g/mol. The molecule has 5 aliphatic rings. The minimum absolute atomic E-state index is 0.125. The number of rotatable bonds is 3. The van der Waals surface area contributed by atoms with E-state index in [1.165, 1.54) is 0 Å². The SMILES string of the molecule is CC1SC(=O)N(C(=O)[C@@]23CC[C@@](C)(C(=O)O2)C3(C)C)N=C1c1ccc2c(c1)CCCN2C(=O)c1ccc2c(c1)OCO2. The first-order valence-electron chi connectivity index (χ1n) is 14.2. The quantitative estimate of drug-likeness (QED) is 0.464. The van der Waals surface area contributed by atoms with Gasteiger partial charge in [-0.3, -0.25) is 19.2 Å². The second-order valence-electron chi connectivity index (χ2n) is 12.3. The topological polar surface area (TPSA) is 115 Å². The van der Waals surface area contributed by atoms with Crippen LogP contribution in [0.15, 0.2) is 41.5 Å². The van der Waals surface area contributed by atoms with E-state index in [0.29, 0.717) is 42.2 Å². The number of carbonyl (C=O) groups excluding carboxylic acids is 4. The van der Waals surface area contributed by atoms with E-state index in [0.717, 1.165) is 46.4 Å². The van der Waals surface area contributed by atoms with Gasteiger partial charge in [0, 0.05) is 23.2 Å². The van der Waals surface area contributed by atoms with Crippen LogP contribution in [0.2, 0.25) is 0 Å². The van der Waals surface area contributed by atoms with Crippen molar-refractivity contribution in [3.63, 3.8) is 0 Å². The summed E-state index contributed by atoms with van der Waals surface area (Å²) in [5.74, 6) is 0.0534. The molecule has 0 radical (unpaired) electrons. The van der Waals surface area contributed by atoms with Gasteiger partial charge in [0.25, 0.3) is 11.8 Å². The lowest BCUT2D eigenvalue weighted by Gasteiger charge is -2.38. The van der Waals surface area contributed by atoms with E-state index in [1.807, 2.05) is 45.9 Å². The molecule has 2 fully saturated rings. The summed E-state index contributed by atoms with van der Waals surface area (Å²) < 4.78 is 16.6. The van der Waals surface area contributed by atoms with Gasteiger partial charge in [-0.25, -0.2) is 0 Å². The number of aryl methyl sites for hydroxylation is 1. The summed E-state index contributed by atoms with van der Waals surface area (Å²) in [7, 11) is 0. The highest BCUT2D eigenvalue weighted by atomic mass is 32.2. The summed E-state index contributed by atoms with van der Waals surface area (Å²) in [6.45, 7) is 8.15. The molecule has 4 aliphatic heterocycles. The lowest BCUT2D eigenvalue weighted by Crippen LogP contribution is -2.55. The van der Waals surface area contributed by atoms with Gasteiger partial charge in [0.15, 0.2) is 17.1 Å². The third-order valence-corrected chi connectivity index (χ3v) is 11.0. The van der Waals surface area contributed by atoms with E-state index < -0.39 is 33.5 Å². The molecule has 7 rings (SSSR count). The lowest BCUT2D eigenvalue weighted by molar-refractivity contribution is -0.172. The summed E-state index contributed by atoms with van der Waals surface area (Å²) >= 11 is 1.02. The Kier molecular flexibility index (Phi) is 5.83. The van der Waals surface area contributed by atoms with Crippen LogP contribution in [0.1, 0.15) is 68.4 Å². The maximum absolute atomic E-state index is 14.0. The normalized spacial score (nSPS) is 28.9. The van der Waals surface area contributed by atoms with Gasteiger partial charge in [-0.15, -0.1) is 0 Å². The van der Waals surface area contributed by atoms with Gasteiger partial charge in [-0.05, 0) is 81.0 Å². The Labute approximate surface area is 247 Å². The van der Waals surface area contributed by atoms with Crippen LogP contribution in [-0.4, -0.2) is 57.9 Å². The number of hydrogen-bond donors (Lipinski definition) is 0. The molecule has 0 aromatic heterocycles. The van der Waals surface area contributed by atoms with Crippen molar-refractivity contribution in [3.8, 4) is 11.5 Å². The molecular weight excluding hydrogens is 558 g/mol. The molecule has 4 heterocycles. The molecule has 2 aromatic carbocycles. The smallest absolute Gasteiger partial charge is 0.313 e. The highest BCUT2D eigenvalue weighted by Gasteiger charge is 2.76. The number of fused-ring (bicyclic) bond motifs is 4. The molecule has 2 aromatic rings. The highest BCUT2D eigenvalue weighted by Crippen LogP contribution is 2.66. The van der Waals surface area contributed by atoms with E-state index in [2.05, 4.69) is 5.10 Å². The first kappa shape index (κ1) is 27.0. The average molecular weight is 590 g/mol. The zero-order valence-corrected chi connectivity index (χ0v) is 24.7. The molecule has 1 aliphatic carbocycles. The van der Waals surface area contributed by atoms with Crippen molar-refractivity contribution in [1.29, 1.82) is 0 Å². The number of benzene rings is 2. The number of hydrazone groups is 1. The predicted octanol–water partition coefficient (Wildman–Crippen LogP) is 4.92. The van der Waals surface area contributed by atoms with Crippen molar-refractivity contribution in [2.75, 3.05) is 18.2 Å². The van der Waals surface area contributed by atoms with Crippen LogP contribution in [0, 0.1) is 10.8 Å². The zero-order valence-electron chi connectivity index (χ0n) is 23.9. The maximum atomic E-state index is 14.0. The van der Waals surface area contributed by atoms with Crippen LogP contribution in [-0.2, 0) is 20.7 Å². The van der Waals surface area contributed by atoms with Crippen molar-refractivity contribution in [2.24, 2.45) is 15.9 Å². The summed E-state index contributed by atoms with van der Waals surface area (Å²) in [5, 5.41) is 4.71. The number of amides is 3. The molecular formula is C31H31N3O7S. The molecule has 1 unspecified atom stereocenters. The number of imide groups is 1. The van der Waals surface area contributed by atoms with Crippen LogP contribution < -0.4 is 14.4 Å². The molecule has 42 heavy (non-hydrogen) atoms. The fourth-order valence-electron chi connectivity index (χ4n) is 6.95. The van der Waals surface area contributed by atoms with Crippen molar-refractivity contribution in [2.45, 2.75) is 64.2 Å². The summed E-state index contributed by atoms with van der Waals surface area (Å²) in [6.07, 6.45) is 2.42. The fourth-order valence-corrected chi connectivity index (χ4v) is 7.77. The van der Waals surface area contributed by atoms with E-state index in [9.17, 15) is 19.2 Å². The third kappa shape index (κ3) is 3.55. The number of ether oxygens (including phenoxy) is 3. The number of thioether (sulfide) groups is 1. The fraction of sp³-hybridized carbons (Fsp3) is 0.452. The van der Waals surface area contributed by atoms with E-state index in [4.69, 9.17) is 14.2 Å². The van der Waals surface area contributed by atoms with Crippen molar-refractivity contribution in [3.05, 3.63) is 53.1 Å². The number of carbonyl (C=O) groups is 4. The number of nitrogens with zero attached hydrogens (tertiary/aromatic N) is 3. The van der Waals surface area contributed by atoms with E-state index >= 15 is 0 Å². The first-order chi connectivity index (χ1) is 20.0. The number of esters is 1. The lowest BCUT2D eigenvalue weighted by atomic mass is 9.66. The largest absolute Gasteiger partial charge is 0.454 e. The standard InChI is InChI=1S/C31H31N3O7S/c1-17-24(32-34(28(38)42-17)26(36)31-12-11-30(4,27(37)41-31)29(31,2)3)19-7-9-21-18(14-19)6-5-13-33(21)25(35)20-8-10-22-23(15-20)40-16-39-22/h7-10,14-15,17H,5-6,11-13,16H2,1-4H3/t17?,30-,31+/m0/s1. The van der Waals surface area contributed by atoms with Crippen LogP contribution in [0.3, 0.4) is 0 Å². The Hall–Kier alpha value is -3.86. The Bertz CT molecular complexity index is 1620. The second-order valence-corrected chi connectivity index (χ2v) is 13.6. The summed E-state index contributed by atoms with van der Waals surface area (Å²) in [6, 6.07) is 11.0. The van der Waals surface area contributed by atoms with Gasteiger partial charge < -0.3 is 19.1 Å². The van der Waals surface area contributed by atoms with Crippen LogP contribution >= 0.6 is 11.8 Å². The average Bonchev–Trinajstić information content (AvgIpc) is 3.57. The molecule has 1 saturated heterocycles. The van der Waals surface area contributed by atoms with E-state index in [1.54, 1.807) is 23.1 Å². The van der Waals surface area contributed by atoms with E-state index in [-0.39, 0.29) is 18.0 Å². The Morgan fingerprint density at radius 3 is 2.55 bits per heavy atom. The van der Waals surface area contributed by atoms with Crippen LogP contribution in [0.4, 0.5) is 10.5 Å². The third-order valence-electron chi connectivity index (χ3n) is 10.0. The van der Waals surface area contributed by atoms with Gasteiger partial charge in [0.05, 0.1) is 16.4 Å². The molecule has 10 nitrogen and oxygen atoms in total. The van der Waals surface area contributed by atoms with Gasteiger partial charge in [-0.2, -0.15) is 10.1 Å². The van der Waals surface area contributed by atoms with Gasteiger partial charge >= 0.3 is 11.2 Å². The van der Waals surface area contributed by atoms with Crippen molar-refractivity contribution in [1.82, 2.24) is 5.01 Å². The van der Waals surface area contributed by atoms with Crippen molar-refractivity contribution < 1.29 is 33.4 Å². The van der Waals surface area contributed by atoms with Gasteiger partial charge in [0.1, 0.15) is 0 Å². The maximum Gasteiger partial charge on any atom is 0.313 e. The van der Waals surface area contributed by atoms with Gasteiger partial charge in [0.2, 0.25) is 6.79 Å². The first-order valence-corrected chi connectivity index (χ1v) is 15.1. The molecule has 2 bridgehead atoms. The predicted molar refractivity (Wildman–Crippen MR) is 155 cm³/mol. The Morgan fingerprint density at radius 1 is 1.02 bits per heavy atom. The number of hydrogen-bond acceptors (Lipinski definition) is 9. The van der Waals surface area contributed by atoms with Crippen molar-refractivity contribution >= 4 is 46.2 Å². The Morgan fingerprint density at radius 2 is 1.81 bits per heavy atom. The molecule has 11 heteroatoms. The van der Waals surface area contributed by atoms with Crippen LogP contribution in [0.5, 0.6) is 11.5 Å². The number of anilines is 1. The molecule has 0 N–H and O–H groups in total. The summed E-state index contributed by atoms with van der Waals surface area (Å²) in [4.78, 5) is 55.2. The minimum atomic E-state index is -1.43. The van der Waals surface area contributed by atoms with Crippen LogP contribution in [0.25, 0.3) is 0 Å². The summed E-state index contributed by atoms with van der Waals surface area (Å²) in [5.41, 5.74) is 0.644. The van der Waals surface area contributed by atoms with Gasteiger partial charge in [-0.1, -0.05) is 31.7 Å². The molecule has 3 atom stereocenters. The Balaban J connectivity index is 1.20.